The van der Waals surface area contributed by atoms with Gasteiger partial charge in [-0.25, -0.2) is 0 Å². The molecule has 5 rings (SSSR count). The highest BCUT2D eigenvalue weighted by Gasteiger charge is 2.24. The molecule has 45 heavy (non-hydrogen) atoms. The summed E-state index contributed by atoms with van der Waals surface area (Å²) in [6, 6.07) is 34.7. The second-order valence-corrected chi connectivity index (χ2v) is 12.6. The van der Waals surface area contributed by atoms with E-state index in [4.69, 9.17) is 0 Å². The highest BCUT2D eigenvalue weighted by molar-refractivity contribution is 8.00. The summed E-state index contributed by atoms with van der Waals surface area (Å²) in [5, 5.41) is 9.08. The van der Waals surface area contributed by atoms with E-state index in [1.807, 2.05) is 85.8 Å². The third-order valence-corrected chi connectivity index (χ3v) is 9.00. The molecule has 3 N–H and O–H groups in total. The largest absolute Gasteiger partial charge is 0.321 e. The summed E-state index contributed by atoms with van der Waals surface area (Å²) < 4.78 is 4.29. The molecule has 0 radical (unpaired) electrons. The smallest absolute Gasteiger partial charge is 0.272 e. The van der Waals surface area contributed by atoms with Crippen molar-refractivity contribution in [3.8, 4) is 0 Å². The van der Waals surface area contributed by atoms with Crippen LogP contribution in [-0.4, -0.2) is 32.8 Å². The number of hydrogen-bond donors (Lipinski definition) is 3. The topological polar surface area (TPSA) is 113 Å². The predicted molar refractivity (Wildman–Crippen MR) is 183 cm³/mol. The molecular weight excluding hydrogens is 623 g/mol. The van der Waals surface area contributed by atoms with Gasteiger partial charge in [-0.15, -0.1) is 11.8 Å². The van der Waals surface area contributed by atoms with Gasteiger partial charge >= 0.3 is 0 Å². The Labute approximate surface area is 273 Å². The van der Waals surface area contributed by atoms with Crippen molar-refractivity contribution in [1.29, 1.82) is 0 Å². The maximum absolute atomic E-state index is 13.4. The van der Waals surface area contributed by atoms with Gasteiger partial charge in [-0.2, -0.15) is 9.36 Å². The third-order valence-electron chi connectivity index (χ3n) is 6.26. The molecule has 11 heteroatoms. The minimum absolute atomic E-state index is 0.103. The molecule has 5 aromatic rings. The van der Waals surface area contributed by atoms with Crippen LogP contribution in [-0.2, 0) is 9.59 Å². The second-order valence-electron chi connectivity index (χ2n) is 9.48. The van der Waals surface area contributed by atoms with Crippen molar-refractivity contribution in [3.05, 3.63) is 138 Å². The average Bonchev–Trinajstić information content (AvgIpc) is 3.52. The molecule has 226 valence electrons. The van der Waals surface area contributed by atoms with Gasteiger partial charge in [0.25, 0.3) is 11.8 Å². The monoisotopic (exact) mass is 651 g/mol. The summed E-state index contributed by atoms with van der Waals surface area (Å²) in [6.07, 6.45) is 1.63. The van der Waals surface area contributed by atoms with Crippen LogP contribution in [0, 0.1) is 0 Å². The fraction of sp³-hybridized carbons (Fsp3) is 0.0882. The molecule has 0 aliphatic heterocycles. The van der Waals surface area contributed by atoms with Crippen LogP contribution in [0.4, 0.5) is 10.8 Å². The van der Waals surface area contributed by atoms with Crippen LogP contribution in [0.5, 0.6) is 0 Å². The van der Waals surface area contributed by atoms with Gasteiger partial charge in [-0.05, 0) is 59.4 Å². The Morgan fingerprint density at radius 1 is 0.822 bits per heavy atom. The first-order valence-corrected chi connectivity index (χ1v) is 16.7. The minimum Gasteiger partial charge on any atom is -0.321 e. The van der Waals surface area contributed by atoms with E-state index in [1.54, 1.807) is 42.5 Å². The Morgan fingerprint density at radius 2 is 1.47 bits per heavy atom. The predicted octanol–water partition coefficient (Wildman–Crippen LogP) is 7.53. The van der Waals surface area contributed by atoms with Crippen LogP contribution in [0.15, 0.2) is 131 Å². The zero-order valence-electron chi connectivity index (χ0n) is 24.2. The standard InChI is InChI=1S/C34H29N5O3S3/c1-2-43-34-38-33(45-39-34)37-32(42)29(24-14-8-4-9-15-24)44-27-20-18-26(19-21-27)35-31(41)28(22-23-12-6-3-7-13-23)36-30(40)25-16-10-5-11-17-25/h3-22,29H,2H2,1H3,(H,35,41)(H,36,40)(H,37,38,39,42)/b28-22-. The first-order chi connectivity index (χ1) is 22.0. The number of thioether (sulfide) groups is 2. The van der Waals surface area contributed by atoms with Crippen molar-refractivity contribution in [1.82, 2.24) is 14.7 Å². The quantitative estimate of drug-likeness (QED) is 0.0944. The van der Waals surface area contributed by atoms with Crippen molar-refractivity contribution >= 4 is 69.7 Å². The number of rotatable bonds is 12. The van der Waals surface area contributed by atoms with Crippen LogP contribution in [0.3, 0.4) is 0 Å². The fourth-order valence-electron chi connectivity index (χ4n) is 4.13. The number of carbonyl (C=O) groups is 3. The van der Waals surface area contributed by atoms with Crippen LogP contribution in [0.1, 0.15) is 33.7 Å². The van der Waals surface area contributed by atoms with E-state index in [9.17, 15) is 14.4 Å². The minimum atomic E-state index is -0.550. The molecule has 1 aromatic heterocycles. The van der Waals surface area contributed by atoms with Crippen LogP contribution in [0.2, 0.25) is 0 Å². The number of carbonyl (C=O) groups excluding carboxylic acids is 3. The Balaban J connectivity index is 1.30. The number of nitrogens with one attached hydrogen (secondary N) is 3. The molecule has 0 fully saturated rings. The fourth-order valence-corrected chi connectivity index (χ4v) is 6.43. The summed E-state index contributed by atoms with van der Waals surface area (Å²) in [5.41, 5.74) is 2.69. The zero-order chi connectivity index (χ0) is 31.4. The van der Waals surface area contributed by atoms with Gasteiger partial charge in [-0.1, -0.05) is 97.5 Å². The van der Waals surface area contributed by atoms with Gasteiger partial charge in [0.15, 0.2) is 0 Å². The number of amides is 3. The second kappa shape index (κ2) is 15.8. The van der Waals surface area contributed by atoms with E-state index in [2.05, 4.69) is 25.3 Å². The SMILES string of the molecule is CCSc1nsc(NC(=O)C(Sc2ccc(NC(=O)/C(=C/c3ccccc3)NC(=O)c3ccccc3)cc2)c2ccccc2)n1. The van der Waals surface area contributed by atoms with Crippen molar-refractivity contribution < 1.29 is 14.4 Å². The summed E-state index contributed by atoms with van der Waals surface area (Å²) in [5.74, 6) is -0.227. The summed E-state index contributed by atoms with van der Waals surface area (Å²) >= 11 is 4.06. The number of hydrogen-bond acceptors (Lipinski definition) is 8. The molecule has 0 bridgehead atoms. The lowest BCUT2D eigenvalue weighted by molar-refractivity contribution is -0.116. The van der Waals surface area contributed by atoms with E-state index < -0.39 is 17.1 Å². The number of anilines is 2. The maximum atomic E-state index is 13.4. The van der Waals surface area contributed by atoms with Gasteiger partial charge in [0, 0.05) is 27.7 Å². The van der Waals surface area contributed by atoms with Gasteiger partial charge in [0.2, 0.25) is 16.2 Å². The van der Waals surface area contributed by atoms with Crippen molar-refractivity contribution in [2.24, 2.45) is 0 Å². The van der Waals surface area contributed by atoms with Crippen LogP contribution in [0.25, 0.3) is 6.08 Å². The molecule has 1 unspecified atom stereocenters. The highest BCUT2D eigenvalue weighted by Crippen LogP contribution is 2.37. The average molecular weight is 652 g/mol. The number of aromatic nitrogens is 2. The zero-order valence-corrected chi connectivity index (χ0v) is 26.6. The molecule has 0 saturated carbocycles. The Morgan fingerprint density at radius 3 is 2.13 bits per heavy atom. The Hall–Kier alpha value is -4.71. The Bertz CT molecular complexity index is 1760. The molecule has 1 atom stereocenters. The molecule has 0 aliphatic carbocycles. The number of nitrogens with zero attached hydrogens (tertiary/aromatic N) is 2. The van der Waals surface area contributed by atoms with Gasteiger partial charge in [0.1, 0.15) is 10.9 Å². The summed E-state index contributed by atoms with van der Waals surface area (Å²) in [6.45, 7) is 2.02. The summed E-state index contributed by atoms with van der Waals surface area (Å²) in [7, 11) is 0. The highest BCUT2D eigenvalue weighted by atomic mass is 32.2. The molecule has 1 heterocycles. The first kappa shape index (κ1) is 31.7. The van der Waals surface area contributed by atoms with Crippen LogP contribution >= 0.6 is 35.1 Å². The van der Waals surface area contributed by atoms with E-state index in [0.717, 1.165) is 33.3 Å². The van der Waals surface area contributed by atoms with E-state index >= 15 is 0 Å². The third kappa shape index (κ3) is 9.15. The van der Waals surface area contributed by atoms with Crippen LogP contribution < -0.4 is 16.0 Å². The first-order valence-electron chi connectivity index (χ1n) is 14.0. The van der Waals surface area contributed by atoms with Crippen molar-refractivity contribution in [3.63, 3.8) is 0 Å². The van der Waals surface area contributed by atoms with Gasteiger partial charge < -0.3 is 10.6 Å². The van der Waals surface area contributed by atoms with Crippen molar-refractivity contribution in [2.45, 2.75) is 22.2 Å². The lowest BCUT2D eigenvalue weighted by atomic mass is 10.1. The van der Waals surface area contributed by atoms with E-state index in [-0.39, 0.29) is 11.6 Å². The molecule has 0 spiro atoms. The summed E-state index contributed by atoms with van der Waals surface area (Å²) in [4.78, 5) is 44.9. The molecular formula is C34H29N5O3S3. The molecule has 0 saturated heterocycles. The maximum Gasteiger partial charge on any atom is 0.272 e. The molecule has 3 amide bonds. The van der Waals surface area contributed by atoms with E-state index in [1.165, 1.54) is 23.5 Å². The van der Waals surface area contributed by atoms with Gasteiger partial charge in [-0.3, -0.25) is 19.7 Å². The lowest BCUT2D eigenvalue weighted by Crippen LogP contribution is -2.30. The van der Waals surface area contributed by atoms with E-state index in [0.29, 0.717) is 21.5 Å². The molecule has 0 aliphatic rings. The molecule has 4 aromatic carbocycles. The lowest BCUT2D eigenvalue weighted by Gasteiger charge is -2.16. The molecule has 8 nitrogen and oxygen atoms in total. The number of benzene rings is 4. The Kier molecular flexibility index (Phi) is 11.2. The van der Waals surface area contributed by atoms with Gasteiger partial charge in [0.05, 0.1) is 0 Å². The normalized spacial score (nSPS) is 11.8. The van der Waals surface area contributed by atoms with Crippen molar-refractivity contribution in [2.75, 3.05) is 16.4 Å².